The van der Waals surface area contributed by atoms with Gasteiger partial charge in [-0.15, -0.1) is 0 Å². The summed E-state index contributed by atoms with van der Waals surface area (Å²) in [5, 5.41) is 2.36. The molecule has 2 aliphatic heterocycles. The third-order valence-electron chi connectivity index (χ3n) is 8.05. The minimum atomic E-state index is -0.579. The molecule has 3 amide bonds. The number of piperidine rings is 1. The first-order valence-electron chi connectivity index (χ1n) is 12.7. The van der Waals surface area contributed by atoms with E-state index in [1.54, 1.807) is 4.90 Å². The highest BCUT2D eigenvalue weighted by molar-refractivity contribution is 6.05. The molecule has 176 valence electrons. The third kappa shape index (κ3) is 4.39. The Morgan fingerprint density at radius 3 is 2.42 bits per heavy atom. The Morgan fingerprint density at radius 1 is 0.970 bits per heavy atom. The van der Waals surface area contributed by atoms with Gasteiger partial charge in [-0.1, -0.05) is 0 Å². The molecule has 3 atom stereocenters. The average Bonchev–Trinajstić information content (AvgIpc) is 3.71. The molecule has 7 nitrogen and oxygen atoms in total. The number of ether oxygens (including phenoxy) is 1. The number of benzene rings is 1. The van der Waals surface area contributed by atoms with E-state index in [9.17, 15) is 14.4 Å². The largest absolute Gasteiger partial charge is 0.489 e. The van der Waals surface area contributed by atoms with E-state index in [-0.39, 0.29) is 30.2 Å². The van der Waals surface area contributed by atoms with E-state index in [0.29, 0.717) is 24.6 Å². The van der Waals surface area contributed by atoms with Gasteiger partial charge < -0.3 is 9.64 Å². The van der Waals surface area contributed by atoms with Gasteiger partial charge in [0.15, 0.2) is 0 Å². The van der Waals surface area contributed by atoms with Crippen LogP contribution in [0.25, 0.3) is 0 Å². The molecular formula is C26H33N3O4. The zero-order valence-corrected chi connectivity index (χ0v) is 19.1. The number of rotatable bonds is 8. The van der Waals surface area contributed by atoms with Gasteiger partial charge in [0.1, 0.15) is 17.9 Å². The first-order valence-corrected chi connectivity index (χ1v) is 12.7. The lowest BCUT2D eigenvalue weighted by Gasteiger charge is -2.33. The lowest BCUT2D eigenvalue weighted by molar-refractivity contribution is -0.136. The second-order valence-corrected chi connectivity index (χ2v) is 10.7. The number of carbonyl (C=O) groups is 3. The van der Waals surface area contributed by atoms with Crippen LogP contribution in [0.3, 0.4) is 0 Å². The monoisotopic (exact) mass is 451 g/mol. The summed E-state index contributed by atoms with van der Waals surface area (Å²) in [5.74, 6) is 1.82. The van der Waals surface area contributed by atoms with E-state index in [1.807, 2.05) is 18.2 Å². The summed E-state index contributed by atoms with van der Waals surface area (Å²) in [5.41, 5.74) is 1.55. The Labute approximate surface area is 194 Å². The Kier molecular flexibility index (Phi) is 5.40. The highest BCUT2D eigenvalue weighted by Gasteiger charge is 2.41. The lowest BCUT2D eigenvalue weighted by Crippen LogP contribution is -2.52. The van der Waals surface area contributed by atoms with Gasteiger partial charge in [-0.05, 0) is 87.0 Å². The summed E-state index contributed by atoms with van der Waals surface area (Å²) < 4.78 is 6.55. The van der Waals surface area contributed by atoms with E-state index < -0.39 is 6.04 Å². The van der Waals surface area contributed by atoms with E-state index in [1.165, 1.54) is 51.6 Å². The minimum absolute atomic E-state index is 0.134. The first-order chi connectivity index (χ1) is 16.0. The second-order valence-electron chi connectivity index (χ2n) is 10.7. The normalized spacial score (nSPS) is 29.5. The molecule has 1 aromatic rings. The number of hydrogen-bond acceptors (Lipinski definition) is 5. The molecule has 0 spiro atoms. The van der Waals surface area contributed by atoms with Gasteiger partial charge in [0, 0.05) is 37.7 Å². The molecule has 1 unspecified atom stereocenters. The number of carbonyl (C=O) groups excluding carboxylic acids is 3. The second kappa shape index (κ2) is 8.42. The van der Waals surface area contributed by atoms with Crippen LogP contribution in [0, 0.1) is 11.8 Å². The molecule has 7 heteroatoms. The van der Waals surface area contributed by atoms with Crippen LogP contribution < -0.4 is 10.1 Å². The summed E-state index contributed by atoms with van der Waals surface area (Å²) in [6, 6.07) is 5.65. The smallest absolute Gasteiger partial charge is 0.255 e. The Balaban J connectivity index is 1.14. The van der Waals surface area contributed by atoms with Gasteiger partial charge in [-0.25, -0.2) is 0 Å². The number of nitrogens with one attached hydrogen (secondary N) is 1. The van der Waals surface area contributed by atoms with Gasteiger partial charge in [0.2, 0.25) is 11.8 Å². The fraction of sp³-hybridized carbons (Fsp3) is 0.654. The molecule has 4 fully saturated rings. The summed E-state index contributed by atoms with van der Waals surface area (Å²) >= 11 is 0. The maximum absolute atomic E-state index is 13.0. The van der Waals surface area contributed by atoms with Gasteiger partial charge in [-0.2, -0.15) is 0 Å². The molecule has 0 bridgehead atoms. The Hall–Kier alpha value is -2.41. The molecule has 33 heavy (non-hydrogen) atoms. The third-order valence-corrected chi connectivity index (χ3v) is 8.05. The van der Waals surface area contributed by atoms with E-state index in [0.717, 1.165) is 29.6 Å². The van der Waals surface area contributed by atoms with Crippen molar-refractivity contribution in [2.45, 2.75) is 82.5 Å². The van der Waals surface area contributed by atoms with Crippen molar-refractivity contribution >= 4 is 17.7 Å². The van der Waals surface area contributed by atoms with Crippen molar-refractivity contribution in [1.82, 2.24) is 15.1 Å². The molecule has 1 aromatic carbocycles. The fourth-order valence-corrected chi connectivity index (χ4v) is 5.87. The SMILES string of the molecule is O=C1CCC(N2Cc3cc(O[C@@H]4CCC[C@H]4N(CC4CC4)CC4CC4)ccc3C2=O)C(=O)N1. The van der Waals surface area contributed by atoms with Gasteiger partial charge in [0.05, 0.1) is 0 Å². The van der Waals surface area contributed by atoms with Crippen LogP contribution in [0.5, 0.6) is 5.75 Å². The molecule has 3 saturated carbocycles. The van der Waals surface area contributed by atoms with E-state index in [2.05, 4.69) is 10.2 Å². The van der Waals surface area contributed by atoms with Crippen molar-refractivity contribution in [1.29, 1.82) is 0 Å². The van der Waals surface area contributed by atoms with Crippen LogP contribution in [-0.4, -0.2) is 58.8 Å². The number of nitrogens with zero attached hydrogens (tertiary/aromatic N) is 2. The lowest BCUT2D eigenvalue weighted by atomic mass is 10.0. The zero-order valence-electron chi connectivity index (χ0n) is 19.1. The maximum atomic E-state index is 13.0. The van der Waals surface area contributed by atoms with E-state index >= 15 is 0 Å². The topological polar surface area (TPSA) is 79.0 Å². The van der Waals surface area contributed by atoms with Crippen molar-refractivity contribution in [2.24, 2.45) is 11.8 Å². The van der Waals surface area contributed by atoms with Crippen molar-refractivity contribution in [2.75, 3.05) is 13.1 Å². The predicted molar refractivity (Wildman–Crippen MR) is 122 cm³/mol. The van der Waals surface area contributed by atoms with Crippen molar-refractivity contribution in [3.8, 4) is 5.75 Å². The fourth-order valence-electron chi connectivity index (χ4n) is 5.87. The van der Waals surface area contributed by atoms with Gasteiger partial charge in [-0.3, -0.25) is 24.6 Å². The maximum Gasteiger partial charge on any atom is 0.255 e. The molecule has 1 saturated heterocycles. The van der Waals surface area contributed by atoms with Crippen LogP contribution in [0.1, 0.15) is 73.7 Å². The van der Waals surface area contributed by atoms with Crippen molar-refractivity contribution in [3.05, 3.63) is 29.3 Å². The van der Waals surface area contributed by atoms with Crippen molar-refractivity contribution < 1.29 is 19.1 Å². The molecule has 2 heterocycles. The zero-order chi connectivity index (χ0) is 22.5. The number of hydrogen-bond donors (Lipinski definition) is 1. The Morgan fingerprint density at radius 2 is 1.73 bits per heavy atom. The van der Waals surface area contributed by atoms with Gasteiger partial charge in [0.25, 0.3) is 5.91 Å². The molecule has 6 rings (SSSR count). The minimum Gasteiger partial charge on any atom is -0.489 e. The average molecular weight is 452 g/mol. The molecule has 5 aliphatic rings. The molecule has 0 radical (unpaired) electrons. The standard InChI is InChI=1S/C26H33N3O4/c30-24-11-10-22(25(31)27-24)29-15-18-12-19(8-9-20(18)26(29)32)33-23-3-1-2-21(23)28(13-16-4-5-16)14-17-6-7-17/h8-9,12,16-17,21-23H,1-7,10-11,13-15H2,(H,27,30,31)/t21-,22?,23-/m1/s1. The molecule has 3 aliphatic carbocycles. The summed E-state index contributed by atoms with van der Waals surface area (Å²) in [7, 11) is 0. The summed E-state index contributed by atoms with van der Waals surface area (Å²) in [6.07, 6.45) is 9.85. The predicted octanol–water partition coefficient (Wildman–Crippen LogP) is 2.87. The van der Waals surface area contributed by atoms with Crippen LogP contribution in [0.2, 0.25) is 0 Å². The summed E-state index contributed by atoms with van der Waals surface area (Å²) in [6.45, 7) is 2.84. The molecule has 1 N–H and O–H groups in total. The van der Waals surface area contributed by atoms with Gasteiger partial charge >= 0.3 is 0 Å². The van der Waals surface area contributed by atoms with Crippen molar-refractivity contribution in [3.63, 3.8) is 0 Å². The quantitative estimate of drug-likeness (QED) is 0.615. The van der Waals surface area contributed by atoms with Crippen LogP contribution in [0.15, 0.2) is 18.2 Å². The Bertz CT molecular complexity index is 956. The summed E-state index contributed by atoms with van der Waals surface area (Å²) in [4.78, 5) is 41.1. The number of imide groups is 1. The number of amides is 3. The van der Waals surface area contributed by atoms with Crippen LogP contribution in [-0.2, 0) is 16.1 Å². The molecule has 0 aromatic heterocycles. The number of fused-ring (bicyclic) bond motifs is 1. The van der Waals surface area contributed by atoms with Crippen LogP contribution in [0.4, 0.5) is 0 Å². The van der Waals surface area contributed by atoms with E-state index in [4.69, 9.17) is 4.74 Å². The molecular weight excluding hydrogens is 418 g/mol. The van der Waals surface area contributed by atoms with Crippen LogP contribution >= 0.6 is 0 Å². The highest BCUT2D eigenvalue weighted by atomic mass is 16.5. The first kappa shape index (κ1) is 21.1. The highest BCUT2D eigenvalue weighted by Crippen LogP contribution is 2.38.